The molecule has 20 heavy (non-hydrogen) atoms. The Bertz CT molecular complexity index is 581. The fourth-order valence-electron chi connectivity index (χ4n) is 1.91. The molecule has 2 N–H and O–H groups in total. The fraction of sp³-hybridized carbons (Fsp3) is 0.188. The van der Waals surface area contributed by atoms with E-state index in [1.54, 1.807) is 7.05 Å². The minimum absolute atomic E-state index is 0.00532. The minimum atomic E-state index is 0.00532. The lowest BCUT2D eigenvalue weighted by Crippen LogP contribution is -2.20. The second-order valence-electron chi connectivity index (χ2n) is 4.49. The molecule has 3 nitrogen and oxygen atoms in total. The van der Waals surface area contributed by atoms with Crippen LogP contribution in [-0.2, 0) is 17.8 Å². The summed E-state index contributed by atoms with van der Waals surface area (Å²) in [5.74, 6) is 0.00532. The van der Waals surface area contributed by atoms with Crippen LogP contribution in [0.25, 0.3) is 0 Å². The molecule has 0 aliphatic carbocycles. The predicted molar refractivity (Wildman–Crippen MR) is 83.0 cm³/mol. The Morgan fingerprint density at radius 3 is 2.50 bits per heavy atom. The average molecular weight is 289 g/mol. The fourth-order valence-corrected chi connectivity index (χ4v) is 2.03. The molecule has 0 atom stereocenters. The van der Waals surface area contributed by atoms with Crippen LogP contribution in [0, 0.1) is 0 Å². The van der Waals surface area contributed by atoms with Gasteiger partial charge in [0.25, 0.3) is 0 Å². The van der Waals surface area contributed by atoms with Crippen molar-refractivity contribution in [3.63, 3.8) is 0 Å². The van der Waals surface area contributed by atoms with Crippen LogP contribution >= 0.6 is 11.6 Å². The maximum atomic E-state index is 11.5. The number of para-hydroxylation sites is 1. The summed E-state index contributed by atoms with van der Waals surface area (Å²) in [6, 6.07) is 15.5. The Balaban J connectivity index is 2.05. The second kappa shape index (κ2) is 6.96. The maximum Gasteiger partial charge on any atom is 0.224 e. The number of carbonyl (C=O) groups excluding carboxylic acids is 1. The molecule has 2 aromatic carbocycles. The SMILES string of the molecule is CNC(=O)Cc1ccccc1NCc1ccc(Cl)cc1. The highest BCUT2D eigenvalue weighted by molar-refractivity contribution is 6.30. The molecule has 0 bridgehead atoms. The highest BCUT2D eigenvalue weighted by Gasteiger charge is 2.06. The monoisotopic (exact) mass is 288 g/mol. The van der Waals surface area contributed by atoms with Crippen molar-refractivity contribution in [2.75, 3.05) is 12.4 Å². The molecule has 2 rings (SSSR count). The number of halogens is 1. The van der Waals surface area contributed by atoms with Crippen molar-refractivity contribution in [2.45, 2.75) is 13.0 Å². The van der Waals surface area contributed by atoms with Crippen LogP contribution in [0.1, 0.15) is 11.1 Å². The van der Waals surface area contributed by atoms with Crippen LogP contribution in [-0.4, -0.2) is 13.0 Å². The van der Waals surface area contributed by atoms with E-state index in [1.807, 2.05) is 48.5 Å². The summed E-state index contributed by atoms with van der Waals surface area (Å²) in [6.07, 6.45) is 0.375. The average Bonchev–Trinajstić information content (AvgIpc) is 2.48. The van der Waals surface area contributed by atoms with E-state index in [1.165, 1.54) is 0 Å². The first kappa shape index (κ1) is 14.4. The van der Waals surface area contributed by atoms with Crippen molar-refractivity contribution >= 4 is 23.2 Å². The number of benzene rings is 2. The van der Waals surface area contributed by atoms with E-state index in [0.29, 0.717) is 13.0 Å². The first-order chi connectivity index (χ1) is 9.69. The molecule has 0 aliphatic heterocycles. The van der Waals surface area contributed by atoms with Gasteiger partial charge in [-0.1, -0.05) is 41.9 Å². The molecule has 0 saturated heterocycles. The molecule has 0 aliphatic rings. The van der Waals surface area contributed by atoms with Crippen molar-refractivity contribution in [1.29, 1.82) is 0 Å². The zero-order valence-electron chi connectivity index (χ0n) is 11.3. The molecule has 4 heteroatoms. The van der Waals surface area contributed by atoms with Crippen LogP contribution < -0.4 is 10.6 Å². The van der Waals surface area contributed by atoms with Crippen LogP contribution in [0.2, 0.25) is 5.02 Å². The molecular weight excluding hydrogens is 272 g/mol. The highest BCUT2D eigenvalue weighted by Crippen LogP contribution is 2.17. The summed E-state index contributed by atoms with van der Waals surface area (Å²) in [5.41, 5.74) is 3.11. The van der Waals surface area contributed by atoms with Crippen molar-refractivity contribution in [3.05, 3.63) is 64.7 Å². The Kier molecular flexibility index (Phi) is 5.02. The third kappa shape index (κ3) is 4.00. The van der Waals surface area contributed by atoms with Crippen molar-refractivity contribution < 1.29 is 4.79 Å². The van der Waals surface area contributed by atoms with E-state index >= 15 is 0 Å². The third-order valence-corrected chi connectivity index (χ3v) is 3.30. The summed E-state index contributed by atoms with van der Waals surface area (Å²) in [7, 11) is 1.64. The Hall–Kier alpha value is -2.00. The Morgan fingerprint density at radius 1 is 1.10 bits per heavy atom. The normalized spacial score (nSPS) is 10.1. The molecule has 0 unspecified atom stereocenters. The number of likely N-dealkylation sites (N-methyl/N-ethyl adjacent to an activating group) is 1. The quantitative estimate of drug-likeness (QED) is 0.887. The molecule has 0 heterocycles. The lowest BCUT2D eigenvalue weighted by atomic mass is 10.1. The van der Waals surface area contributed by atoms with Gasteiger partial charge >= 0.3 is 0 Å². The Morgan fingerprint density at radius 2 is 1.80 bits per heavy atom. The molecule has 0 spiro atoms. The number of amides is 1. The van der Waals surface area contributed by atoms with Gasteiger partial charge in [0.2, 0.25) is 5.91 Å². The summed E-state index contributed by atoms with van der Waals surface area (Å²) >= 11 is 5.86. The number of hydrogen-bond acceptors (Lipinski definition) is 2. The maximum absolute atomic E-state index is 11.5. The smallest absolute Gasteiger partial charge is 0.224 e. The molecule has 0 aromatic heterocycles. The molecule has 0 fully saturated rings. The van der Waals surface area contributed by atoms with Gasteiger partial charge in [-0.15, -0.1) is 0 Å². The van der Waals surface area contributed by atoms with E-state index in [0.717, 1.165) is 21.8 Å². The highest BCUT2D eigenvalue weighted by atomic mass is 35.5. The lowest BCUT2D eigenvalue weighted by Gasteiger charge is -2.11. The first-order valence-electron chi connectivity index (χ1n) is 6.46. The van der Waals surface area contributed by atoms with Crippen molar-refractivity contribution in [3.8, 4) is 0 Å². The van der Waals surface area contributed by atoms with Gasteiger partial charge in [-0.2, -0.15) is 0 Å². The van der Waals surface area contributed by atoms with Crippen molar-refractivity contribution in [2.24, 2.45) is 0 Å². The number of carbonyl (C=O) groups is 1. The van der Waals surface area contributed by atoms with Gasteiger partial charge in [-0.05, 0) is 29.3 Å². The van der Waals surface area contributed by atoms with Gasteiger partial charge in [-0.3, -0.25) is 4.79 Å². The van der Waals surface area contributed by atoms with E-state index in [9.17, 15) is 4.79 Å². The van der Waals surface area contributed by atoms with Crippen LogP contribution in [0.4, 0.5) is 5.69 Å². The Labute approximate surface area is 124 Å². The second-order valence-corrected chi connectivity index (χ2v) is 4.92. The number of rotatable bonds is 5. The standard InChI is InChI=1S/C16H17ClN2O/c1-18-16(20)10-13-4-2-3-5-15(13)19-11-12-6-8-14(17)9-7-12/h2-9,19H,10-11H2,1H3,(H,18,20). The van der Waals surface area contributed by atoms with Gasteiger partial charge in [0.15, 0.2) is 0 Å². The van der Waals surface area contributed by atoms with E-state index in [2.05, 4.69) is 10.6 Å². The van der Waals surface area contributed by atoms with Crippen LogP contribution in [0.5, 0.6) is 0 Å². The predicted octanol–water partition coefficient (Wildman–Crippen LogP) is 3.24. The topological polar surface area (TPSA) is 41.1 Å². The lowest BCUT2D eigenvalue weighted by molar-refractivity contribution is -0.119. The van der Waals surface area contributed by atoms with Gasteiger partial charge in [-0.25, -0.2) is 0 Å². The van der Waals surface area contributed by atoms with Gasteiger partial charge in [0.05, 0.1) is 6.42 Å². The number of anilines is 1. The summed E-state index contributed by atoms with van der Waals surface area (Å²) in [6.45, 7) is 0.696. The van der Waals surface area contributed by atoms with E-state index in [4.69, 9.17) is 11.6 Å². The van der Waals surface area contributed by atoms with Crippen LogP contribution in [0.3, 0.4) is 0 Å². The van der Waals surface area contributed by atoms with E-state index in [-0.39, 0.29) is 5.91 Å². The number of nitrogens with one attached hydrogen (secondary N) is 2. The zero-order valence-corrected chi connectivity index (χ0v) is 12.1. The molecule has 2 aromatic rings. The molecule has 104 valence electrons. The number of hydrogen-bond donors (Lipinski definition) is 2. The van der Waals surface area contributed by atoms with Crippen molar-refractivity contribution in [1.82, 2.24) is 5.32 Å². The zero-order chi connectivity index (χ0) is 14.4. The van der Waals surface area contributed by atoms with Gasteiger partial charge in [0.1, 0.15) is 0 Å². The summed E-state index contributed by atoms with van der Waals surface area (Å²) in [5, 5.41) is 6.73. The van der Waals surface area contributed by atoms with Gasteiger partial charge in [0, 0.05) is 24.3 Å². The molecule has 1 amide bonds. The summed E-state index contributed by atoms with van der Waals surface area (Å²) < 4.78 is 0. The first-order valence-corrected chi connectivity index (χ1v) is 6.83. The molecular formula is C16H17ClN2O. The molecule has 0 radical (unpaired) electrons. The largest absolute Gasteiger partial charge is 0.381 e. The van der Waals surface area contributed by atoms with E-state index < -0.39 is 0 Å². The van der Waals surface area contributed by atoms with Gasteiger partial charge < -0.3 is 10.6 Å². The minimum Gasteiger partial charge on any atom is -0.381 e. The van der Waals surface area contributed by atoms with Crippen LogP contribution in [0.15, 0.2) is 48.5 Å². The molecule has 0 saturated carbocycles. The third-order valence-electron chi connectivity index (χ3n) is 3.04. The summed E-state index contributed by atoms with van der Waals surface area (Å²) in [4.78, 5) is 11.5.